The lowest BCUT2D eigenvalue weighted by atomic mass is 9.90. The molecule has 0 saturated heterocycles. The van der Waals surface area contributed by atoms with E-state index in [-0.39, 0.29) is 0 Å². The standard InChI is InChI=1S/C12H11ClN2O/c1-12(16,10-6-14-8-15-7-10)9-2-4-11(13)5-3-9/h2-8,16H,1H3. The minimum atomic E-state index is -1.11. The van der Waals surface area contributed by atoms with Gasteiger partial charge in [0.25, 0.3) is 0 Å². The van der Waals surface area contributed by atoms with Crippen LogP contribution in [0.15, 0.2) is 43.0 Å². The zero-order valence-corrected chi connectivity index (χ0v) is 9.52. The number of hydrogen-bond donors (Lipinski definition) is 1. The second kappa shape index (κ2) is 4.20. The predicted octanol–water partition coefficient (Wildman–Crippen LogP) is 2.39. The van der Waals surface area contributed by atoms with Crippen LogP contribution in [0.3, 0.4) is 0 Å². The van der Waals surface area contributed by atoms with Crippen molar-refractivity contribution in [1.82, 2.24) is 9.97 Å². The number of aromatic nitrogens is 2. The molecule has 0 aliphatic heterocycles. The summed E-state index contributed by atoms with van der Waals surface area (Å²) in [6.07, 6.45) is 4.63. The van der Waals surface area contributed by atoms with Gasteiger partial charge in [-0.1, -0.05) is 23.7 Å². The summed E-state index contributed by atoms with van der Waals surface area (Å²) in [6.45, 7) is 1.70. The first-order chi connectivity index (χ1) is 7.60. The molecular weight excluding hydrogens is 224 g/mol. The van der Waals surface area contributed by atoms with Gasteiger partial charge in [-0.25, -0.2) is 9.97 Å². The quantitative estimate of drug-likeness (QED) is 0.868. The minimum absolute atomic E-state index is 0.642. The van der Waals surface area contributed by atoms with Crippen LogP contribution in [-0.4, -0.2) is 15.1 Å². The van der Waals surface area contributed by atoms with Crippen LogP contribution in [0.2, 0.25) is 5.02 Å². The first-order valence-corrected chi connectivity index (χ1v) is 5.22. The summed E-state index contributed by atoms with van der Waals surface area (Å²) in [5.41, 5.74) is 0.301. The van der Waals surface area contributed by atoms with Crippen LogP contribution < -0.4 is 0 Å². The Hall–Kier alpha value is -1.45. The van der Waals surface area contributed by atoms with Gasteiger partial charge in [-0.15, -0.1) is 0 Å². The monoisotopic (exact) mass is 234 g/mol. The summed E-state index contributed by atoms with van der Waals surface area (Å²) >= 11 is 5.80. The highest BCUT2D eigenvalue weighted by Gasteiger charge is 2.25. The topological polar surface area (TPSA) is 46.0 Å². The third kappa shape index (κ3) is 2.05. The van der Waals surface area contributed by atoms with Crippen LogP contribution in [0.4, 0.5) is 0 Å². The summed E-state index contributed by atoms with van der Waals surface area (Å²) in [4.78, 5) is 7.79. The molecule has 1 heterocycles. The molecule has 0 saturated carbocycles. The summed E-state index contributed by atoms with van der Waals surface area (Å²) < 4.78 is 0. The largest absolute Gasteiger partial charge is 0.381 e. The number of nitrogens with zero attached hydrogens (tertiary/aromatic N) is 2. The maximum atomic E-state index is 10.4. The van der Waals surface area contributed by atoms with Gasteiger partial charge < -0.3 is 5.11 Å². The second-order valence-corrected chi connectivity index (χ2v) is 4.14. The van der Waals surface area contributed by atoms with Gasteiger partial charge in [0.2, 0.25) is 0 Å². The van der Waals surface area contributed by atoms with E-state index in [9.17, 15) is 5.11 Å². The molecule has 1 aromatic heterocycles. The first kappa shape index (κ1) is 11.0. The summed E-state index contributed by atoms with van der Waals surface area (Å²) in [6, 6.07) is 7.06. The number of benzene rings is 1. The predicted molar refractivity (Wildman–Crippen MR) is 62.2 cm³/mol. The molecule has 1 N–H and O–H groups in total. The smallest absolute Gasteiger partial charge is 0.115 e. The minimum Gasteiger partial charge on any atom is -0.381 e. The average Bonchev–Trinajstić information content (AvgIpc) is 2.31. The van der Waals surface area contributed by atoms with Crippen LogP contribution in [-0.2, 0) is 5.60 Å². The molecule has 1 aromatic carbocycles. The van der Waals surface area contributed by atoms with Crippen molar-refractivity contribution in [1.29, 1.82) is 0 Å². The summed E-state index contributed by atoms with van der Waals surface area (Å²) in [5.74, 6) is 0. The van der Waals surface area contributed by atoms with E-state index in [2.05, 4.69) is 9.97 Å². The second-order valence-electron chi connectivity index (χ2n) is 3.71. The molecule has 4 heteroatoms. The lowest BCUT2D eigenvalue weighted by molar-refractivity contribution is 0.101. The van der Waals surface area contributed by atoms with Crippen molar-refractivity contribution >= 4 is 11.6 Å². The first-order valence-electron chi connectivity index (χ1n) is 4.84. The SMILES string of the molecule is CC(O)(c1ccc(Cl)cc1)c1cncnc1. The van der Waals surface area contributed by atoms with Crippen LogP contribution in [0.1, 0.15) is 18.1 Å². The Morgan fingerprint density at radius 1 is 1.06 bits per heavy atom. The molecule has 3 nitrogen and oxygen atoms in total. The van der Waals surface area contributed by atoms with Crippen molar-refractivity contribution < 1.29 is 5.11 Å². The van der Waals surface area contributed by atoms with E-state index in [0.29, 0.717) is 10.6 Å². The molecule has 0 aliphatic carbocycles. The zero-order chi connectivity index (χ0) is 11.6. The Morgan fingerprint density at radius 3 is 2.19 bits per heavy atom. The van der Waals surface area contributed by atoms with Crippen LogP contribution in [0.5, 0.6) is 0 Å². The van der Waals surface area contributed by atoms with E-state index >= 15 is 0 Å². The Bertz CT molecular complexity index is 468. The van der Waals surface area contributed by atoms with Crippen molar-refractivity contribution in [3.63, 3.8) is 0 Å². The molecule has 0 aliphatic rings. The average molecular weight is 235 g/mol. The lowest BCUT2D eigenvalue weighted by Crippen LogP contribution is -2.23. The third-order valence-electron chi connectivity index (χ3n) is 2.53. The molecule has 0 spiro atoms. The van der Waals surface area contributed by atoms with Crippen molar-refractivity contribution in [2.24, 2.45) is 0 Å². The van der Waals surface area contributed by atoms with Crippen LogP contribution in [0, 0.1) is 0 Å². The normalized spacial score (nSPS) is 14.4. The van der Waals surface area contributed by atoms with E-state index in [4.69, 9.17) is 11.6 Å². The maximum absolute atomic E-state index is 10.4. The number of halogens is 1. The third-order valence-corrected chi connectivity index (χ3v) is 2.78. The number of rotatable bonds is 2. The van der Waals surface area contributed by atoms with Gasteiger partial charge in [-0.05, 0) is 24.6 Å². The van der Waals surface area contributed by atoms with Gasteiger partial charge in [0.1, 0.15) is 11.9 Å². The number of aliphatic hydroxyl groups is 1. The Morgan fingerprint density at radius 2 is 1.62 bits per heavy atom. The maximum Gasteiger partial charge on any atom is 0.115 e. The van der Waals surface area contributed by atoms with E-state index in [1.807, 2.05) is 0 Å². The molecule has 82 valence electrons. The molecule has 0 amide bonds. The van der Waals surface area contributed by atoms with E-state index < -0.39 is 5.60 Å². The molecule has 1 unspecified atom stereocenters. The van der Waals surface area contributed by atoms with Gasteiger partial charge in [0.15, 0.2) is 0 Å². The molecule has 16 heavy (non-hydrogen) atoms. The highest BCUT2D eigenvalue weighted by Crippen LogP contribution is 2.28. The van der Waals surface area contributed by atoms with Crippen LogP contribution >= 0.6 is 11.6 Å². The summed E-state index contributed by atoms with van der Waals surface area (Å²) in [7, 11) is 0. The Kier molecular flexibility index (Phi) is 2.90. The molecule has 0 bridgehead atoms. The van der Waals surface area contributed by atoms with Gasteiger partial charge in [-0.3, -0.25) is 0 Å². The Balaban J connectivity index is 2.43. The fourth-order valence-corrected chi connectivity index (χ4v) is 1.62. The molecular formula is C12H11ClN2O. The van der Waals surface area contributed by atoms with E-state index in [1.165, 1.54) is 6.33 Å². The van der Waals surface area contributed by atoms with Gasteiger partial charge in [0.05, 0.1) is 0 Å². The highest BCUT2D eigenvalue weighted by atomic mass is 35.5. The van der Waals surface area contributed by atoms with Crippen molar-refractivity contribution in [3.05, 3.63) is 59.1 Å². The molecule has 1 atom stereocenters. The Labute approximate surface area is 98.8 Å². The summed E-state index contributed by atoms with van der Waals surface area (Å²) in [5, 5.41) is 11.1. The molecule has 2 rings (SSSR count). The van der Waals surface area contributed by atoms with Crippen molar-refractivity contribution in [2.45, 2.75) is 12.5 Å². The zero-order valence-electron chi connectivity index (χ0n) is 8.76. The highest BCUT2D eigenvalue weighted by molar-refractivity contribution is 6.30. The molecule has 0 fully saturated rings. The van der Waals surface area contributed by atoms with E-state index in [1.54, 1.807) is 43.6 Å². The number of hydrogen-bond acceptors (Lipinski definition) is 3. The van der Waals surface area contributed by atoms with Gasteiger partial charge >= 0.3 is 0 Å². The van der Waals surface area contributed by atoms with Crippen LogP contribution in [0.25, 0.3) is 0 Å². The van der Waals surface area contributed by atoms with E-state index in [0.717, 1.165) is 5.56 Å². The fourth-order valence-electron chi connectivity index (χ4n) is 1.49. The van der Waals surface area contributed by atoms with Gasteiger partial charge in [0, 0.05) is 23.0 Å². The van der Waals surface area contributed by atoms with Crippen molar-refractivity contribution in [3.8, 4) is 0 Å². The fraction of sp³-hybridized carbons (Fsp3) is 0.167. The lowest BCUT2D eigenvalue weighted by Gasteiger charge is -2.23. The molecule has 2 aromatic rings. The van der Waals surface area contributed by atoms with Crippen molar-refractivity contribution in [2.75, 3.05) is 0 Å². The molecule has 0 radical (unpaired) electrons. The van der Waals surface area contributed by atoms with Gasteiger partial charge in [-0.2, -0.15) is 0 Å².